The van der Waals surface area contributed by atoms with Gasteiger partial charge in [-0.3, -0.25) is 14.5 Å². The summed E-state index contributed by atoms with van der Waals surface area (Å²) >= 11 is 0. The first kappa shape index (κ1) is 18.0. The molecule has 1 atom stereocenters. The minimum Gasteiger partial charge on any atom is -0.452 e. The predicted octanol–water partition coefficient (Wildman–Crippen LogP) is 1.58. The second kappa shape index (κ2) is 9.09. The molecule has 1 amide bonds. The van der Waals surface area contributed by atoms with Crippen molar-refractivity contribution in [3.8, 4) is 12.3 Å². The number of nitrogens with zero attached hydrogens (tertiary/aromatic N) is 1. The lowest BCUT2D eigenvalue weighted by molar-refractivity contribution is -0.160. The van der Waals surface area contributed by atoms with Gasteiger partial charge >= 0.3 is 5.97 Å². The highest BCUT2D eigenvalue weighted by Gasteiger charge is 2.28. The molecule has 1 saturated heterocycles. The van der Waals surface area contributed by atoms with Crippen molar-refractivity contribution in [2.45, 2.75) is 32.4 Å². The van der Waals surface area contributed by atoms with Crippen LogP contribution in [-0.2, 0) is 20.9 Å². The van der Waals surface area contributed by atoms with Crippen LogP contribution in [0.1, 0.15) is 25.3 Å². The van der Waals surface area contributed by atoms with Crippen molar-refractivity contribution in [1.29, 1.82) is 0 Å². The number of hydrogen-bond acceptors (Lipinski definition) is 4. The quantitative estimate of drug-likeness (QED) is 0.636. The SMILES string of the molecule is C#CCN1CCC(C(=O)O[C@@H](C)C(=O)NCc2ccccc2)CC1. The van der Waals surface area contributed by atoms with E-state index in [1.807, 2.05) is 30.3 Å². The number of amides is 1. The Kier molecular flexibility index (Phi) is 6.83. The Hall–Kier alpha value is -2.32. The van der Waals surface area contributed by atoms with Crippen LogP contribution in [0.2, 0.25) is 0 Å². The van der Waals surface area contributed by atoms with E-state index in [4.69, 9.17) is 11.2 Å². The van der Waals surface area contributed by atoms with Crippen molar-refractivity contribution >= 4 is 11.9 Å². The van der Waals surface area contributed by atoms with Crippen molar-refractivity contribution in [1.82, 2.24) is 10.2 Å². The number of terminal acetylenes is 1. The lowest BCUT2D eigenvalue weighted by Crippen LogP contribution is -2.40. The number of nitrogens with one attached hydrogen (secondary N) is 1. The van der Waals surface area contributed by atoms with Crippen molar-refractivity contribution in [2.24, 2.45) is 5.92 Å². The fourth-order valence-electron chi connectivity index (χ4n) is 2.71. The Morgan fingerprint density at radius 2 is 2.00 bits per heavy atom. The highest BCUT2D eigenvalue weighted by molar-refractivity contribution is 5.83. The van der Waals surface area contributed by atoms with Gasteiger partial charge in [-0.1, -0.05) is 36.3 Å². The monoisotopic (exact) mass is 328 g/mol. The van der Waals surface area contributed by atoms with Gasteiger partial charge in [0.2, 0.25) is 0 Å². The van der Waals surface area contributed by atoms with Crippen molar-refractivity contribution in [3.63, 3.8) is 0 Å². The molecule has 1 aliphatic heterocycles. The Morgan fingerprint density at radius 1 is 1.33 bits per heavy atom. The number of carbonyl (C=O) groups excluding carboxylic acids is 2. The summed E-state index contributed by atoms with van der Waals surface area (Å²) in [7, 11) is 0. The smallest absolute Gasteiger partial charge is 0.309 e. The topological polar surface area (TPSA) is 58.6 Å². The minimum atomic E-state index is -0.787. The highest BCUT2D eigenvalue weighted by Crippen LogP contribution is 2.19. The molecule has 0 radical (unpaired) electrons. The van der Waals surface area contributed by atoms with E-state index >= 15 is 0 Å². The van der Waals surface area contributed by atoms with E-state index in [1.54, 1.807) is 6.92 Å². The summed E-state index contributed by atoms with van der Waals surface area (Å²) in [6, 6.07) is 9.61. The third-order valence-corrected chi connectivity index (χ3v) is 4.21. The molecule has 5 heteroatoms. The second-order valence-corrected chi connectivity index (χ2v) is 6.04. The van der Waals surface area contributed by atoms with E-state index in [9.17, 15) is 9.59 Å². The summed E-state index contributed by atoms with van der Waals surface area (Å²) in [6.07, 6.45) is 5.95. The fourth-order valence-corrected chi connectivity index (χ4v) is 2.71. The molecule has 1 fully saturated rings. The van der Waals surface area contributed by atoms with Gasteiger partial charge in [0.1, 0.15) is 0 Å². The van der Waals surface area contributed by atoms with Crippen LogP contribution in [0.4, 0.5) is 0 Å². The summed E-state index contributed by atoms with van der Waals surface area (Å²) in [4.78, 5) is 26.4. The zero-order valence-electron chi connectivity index (χ0n) is 14.0. The first-order chi connectivity index (χ1) is 11.6. The number of esters is 1. The Labute approximate surface area is 143 Å². The molecule has 0 saturated carbocycles. The number of rotatable bonds is 6. The van der Waals surface area contributed by atoms with Gasteiger partial charge in [-0.05, 0) is 38.4 Å². The largest absolute Gasteiger partial charge is 0.452 e. The van der Waals surface area contributed by atoms with Crippen molar-refractivity contribution in [2.75, 3.05) is 19.6 Å². The lowest BCUT2D eigenvalue weighted by Gasteiger charge is -2.29. The average Bonchev–Trinajstić information content (AvgIpc) is 2.61. The second-order valence-electron chi connectivity index (χ2n) is 6.04. The van der Waals surface area contributed by atoms with E-state index in [1.165, 1.54) is 0 Å². The Balaban J connectivity index is 1.73. The van der Waals surface area contributed by atoms with Crippen LogP contribution in [0.25, 0.3) is 0 Å². The number of benzene rings is 1. The third-order valence-electron chi connectivity index (χ3n) is 4.21. The van der Waals surface area contributed by atoms with Crippen LogP contribution in [0.3, 0.4) is 0 Å². The standard InChI is InChI=1S/C19H24N2O3/c1-3-11-21-12-9-17(10-13-21)19(23)24-15(2)18(22)20-14-16-7-5-4-6-8-16/h1,4-8,15,17H,9-14H2,2H3,(H,20,22)/t15-/m0/s1. The normalized spacial score (nSPS) is 16.8. The maximum Gasteiger partial charge on any atom is 0.309 e. The number of likely N-dealkylation sites (tertiary alicyclic amines) is 1. The van der Waals surface area contributed by atoms with Crippen molar-refractivity contribution < 1.29 is 14.3 Å². The number of hydrogen-bond donors (Lipinski definition) is 1. The highest BCUT2D eigenvalue weighted by atomic mass is 16.5. The molecule has 0 aromatic heterocycles. The van der Waals surface area contributed by atoms with Gasteiger partial charge < -0.3 is 10.1 Å². The molecule has 128 valence electrons. The van der Waals surface area contributed by atoms with Crippen LogP contribution >= 0.6 is 0 Å². The maximum atomic E-state index is 12.2. The van der Waals surface area contributed by atoms with Crippen molar-refractivity contribution in [3.05, 3.63) is 35.9 Å². The molecule has 1 N–H and O–H groups in total. The summed E-state index contributed by atoms with van der Waals surface area (Å²) in [6.45, 7) is 4.22. The van der Waals surface area contributed by atoms with E-state index < -0.39 is 6.10 Å². The molecule has 1 aromatic carbocycles. The van der Waals surface area contributed by atoms with Gasteiger partial charge in [0.15, 0.2) is 6.10 Å². The minimum absolute atomic E-state index is 0.150. The molecule has 1 aromatic rings. The van der Waals surface area contributed by atoms with Crippen LogP contribution in [0.15, 0.2) is 30.3 Å². The molecule has 5 nitrogen and oxygen atoms in total. The Morgan fingerprint density at radius 3 is 2.62 bits per heavy atom. The number of carbonyl (C=O) groups is 2. The van der Waals surface area contributed by atoms with Gasteiger partial charge in [-0.15, -0.1) is 6.42 Å². The predicted molar refractivity (Wildman–Crippen MR) is 91.8 cm³/mol. The summed E-state index contributed by atoms with van der Waals surface area (Å²) in [5.74, 6) is 1.89. The van der Waals surface area contributed by atoms with Crippen LogP contribution in [-0.4, -0.2) is 42.5 Å². The lowest BCUT2D eigenvalue weighted by atomic mass is 9.97. The molecule has 1 heterocycles. The Bertz CT molecular complexity index is 586. The molecule has 24 heavy (non-hydrogen) atoms. The zero-order valence-corrected chi connectivity index (χ0v) is 14.0. The molecule has 1 aliphatic rings. The van der Waals surface area contributed by atoms with E-state index in [-0.39, 0.29) is 17.8 Å². The molecule has 0 unspecified atom stereocenters. The van der Waals surface area contributed by atoms with E-state index in [0.29, 0.717) is 13.1 Å². The van der Waals surface area contributed by atoms with Crippen LogP contribution in [0.5, 0.6) is 0 Å². The van der Waals surface area contributed by atoms with E-state index in [2.05, 4.69) is 16.1 Å². The third kappa shape index (κ3) is 5.39. The van der Waals surface area contributed by atoms with Gasteiger partial charge in [-0.25, -0.2) is 0 Å². The molecule has 0 bridgehead atoms. The molecular weight excluding hydrogens is 304 g/mol. The average molecular weight is 328 g/mol. The molecule has 2 rings (SSSR count). The summed E-state index contributed by atoms with van der Waals surface area (Å²) in [5, 5.41) is 2.78. The summed E-state index contributed by atoms with van der Waals surface area (Å²) < 4.78 is 5.33. The van der Waals surface area contributed by atoms with Gasteiger partial charge in [-0.2, -0.15) is 0 Å². The molecule has 0 aliphatic carbocycles. The number of piperidine rings is 1. The van der Waals surface area contributed by atoms with Crippen LogP contribution in [0, 0.1) is 18.3 Å². The first-order valence-corrected chi connectivity index (χ1v) is 8.28. The number of ether oxygens (including phenoxy) is 1. The zero-order chi connectivity index (χ0) is 17.4. The first-order valence-electron chi connectivity index (χ1n) is 8.28. The molecular formula is C19H24N2O3. The molecule has 0 spiro atoms. The summed E-state index contributed by atoms with van der Waals surface area (Å²) in [5.41, 5.74) is 1.00. The van der Waals surface area contributed by atoms with E-state index in [0.717, 1.165) is 31.5 Å². The fraction of sp³-hybridized carbons (Fsp3) is 0.474. The van der Waals surface area contributed by atoms with Crippen LogP contribution < -0.4 is 5.32 Å². The maximum absolute atomic E-state index is 12.2. The van der Waals surface area contributed by atoms with Gasteiger partial charge in [0, 0.05) is 6.54 Å². The van der Waals surface area contributed by atoms with Gasteiger partial charge in [0.05, 0.1) is 12.5 Å². The van der Waals surface area contributed by atoms with Gasteiger partial charge in [0.25, 0.3) is 5.91 Å².